The van der Waals surface area contributed by atoms with Gasteiger partial charge in [-0.25, -0.2) is 8.42 Å². The SMILES string of the molecule is Cc1ccc(S(=O)(=O)N2CCc3ccc(NC(=O)c4snnc4C)cc3C2)cc1. The minimum Gasteiger partial charge on any atom is -0.321 e. The standard InChI is InChI=1S/C20H20N4O3S2/c1-13-3-7-18(8-4-13)29(26,27)24-10-9-15-5-6-17(11-16(15)12-24)21-20(25)19-14(2)22-23-28-19/h3-8,11H,9-10,12H2,1-2H3,(H,21,25). The molecule has 0 atom stereocenters. The van der Waals surface area contributed by atoms with E-state index in [1.54, 1.807) is 31.2 Å². The van der Waals surface area contributed by atoms with Crippen LogP contribution in [0.4, 0.5) is 5.69 Å². The molecule has 0 radical (unpaired) electrons. The van der Waals surface area contributed by atoms with Gasteiger partial charge in [0.25, 0.3) is 5.91 Å². The molecule has 1 N–H and O–H groups in total. The van der Waals surface area contributed by atoms with E-state index in [0.717, 1.165) is 28.2 Å². The van der Waals surface area contributed by atoms with Gasteiger partial charge in [0.2, 0.25) is 10.0 Å². The minimum absolute atomic E-state index is 0.266. The zero-order chi connectivity index (χ0) is 20.6. The van der Waals surface area contributed by atoms with E-state index >= 15 is 0 Å². The summed E-state index contributed by atoms with van der Waals surface area (Å²) in [5.74, 6) is -0.266. The van der Waals surface area contributed by atoms with Crippen LogP contribution < -0.4 is 5.32 Å². The van der Waals surface area contributed by atoms with Gasteiger partial charge >= 0.3 is 0 Å². The zero-order valence-electron chi connectivity index (χ0n) is 16.0. The molecular formula is C20H20N4O3S2. The smallest absolute Gasteiger partial charge is 0.269 e. The van der Waals surface area contributed by atoms with Gasteiger partial charge in [-0.05, 0) is 67.2 Å². The number of carbonyl (C=O) groups excluding carboxylic acids is 1. The first-order valence-electron chi connectivity index (χ1n) is 9.13. The number of fused-ring (bicyclic) bond motifs is 1. The molecule has 0 aliphatic carbocycles. The van der Waals surface area contributed by atoms with Crippen molar-refractivity contribution in [1.29, 1.82) is 0 Å². The molecule has 0 saturated carbocycles. The summed E-state index contributed by atoms with van der Waals surface area (Å²) in [7, 11) is -3.57. The fourth-order valence-corrected chi connectivity index (χ4v) is 5.27. The second-order valence-electron chi connectivity index (χ2n) is 7.03. The fraction of sp³-hybridized carbons (Fsp3) is 0.250. The van der Waals surface area contributed by atoms with Crippen molar-refractivity contribution in [3.05, 3.63) is 69.7 Å². The summed E-state index contributed by atoms with van der Waals surface area (Å²) in [6.07, 6.45) is 0.631. The Morgan fingerprint density at radius 2 is 1.86 bits per heavy atom. The van der Waals surface area contributed by atoms with E-state index in [1.165, 1.54) is 4.31 Å². The molecule has 2 aromatic carbocycles. The maximum Gasteiger partial charge on any atom is 0.269 e. The maximum atomic E-state index is 13.0. The molecule has 29 heavy (non-hydrogen) atoms. The second kappa shape index (κ2) is 7.66. The highest BCUT2D eigenvalue weighted by atomic mass is 32.2. The van der Waals surface area contributed by atoms with Crippen molar-refractivity contribution in [2.45, 2.75) is 31.7 Å². The van der Waals surface area contributed by atoms with Gasteiger partial charge in [-0.1, -0.05) is 28.3 Å². The number of benzene rings is 2. The lowest BCUT2D eigenvalue weighted by Gasteiger charge is -2.28. The lowest BCUT2D eigenvalue weighted by molar-refractivity contribution is 0.103. The van der Waals surface area contributed by atoms with Gasteiger partial charge < -0.3 is 5.32 Å². The third kappa shape index (κ3) is 3.93. The molecule has 1 aliphatic heterocycles. The van der Waals surface area contributed by atoms with E-state index in [9.17, 15) is 13.2 Å². The van der Waals surface area contributed by atoms with Crippen LogP contribution in [0.15, 0.2) is 47.4 Å². The first-order chi connectivity index (χ1) is 13.8. The van der Waals surface area contributed by atoms with Gasteiger partial charge in [0.1, 0.15) is 4.88 Å². The van der Waals surface area contributed by atoms with Gasteiger partial charge in [-0.2, -0.15) is 4.31 Å². The predicted molar refractivity (Wildman–Crippen MR) is 112 cm³/mol. The molecule has 1 aliphatic rings. The molecule has 0 spiro atoms. The van der Waals surface area contributed by atoms with Crippen LogP contribution in [-0.2, 0) is 23.0 Å². The van der Waals surface area contributed by atoms with Crippen molar-refractivity contribution in [3.63, 3.8) is 0 Å². The Balaban J connectivity index is 1.56. The number of sulfonamides is 1. The summed E-state index contributed by atoms with van der Waals surface area (Å²) in [5.41, 5.74) is 4.20. The van der Waals surface area contributed by atoms with Gasteiger partial charge in [-0.3, -0.25) is 4.79 Å². The van der Waals surface area contributed by atoms with Crippen molar-refractivity contribution < 1.29 is 13.2 Å². The third-order valence-electron chi connectivity index (χ3n) is 4.96. The number of hydrogen-bond donors (Lipinski definition) is 1. The van der Waals surface area contributed by atoms with E-state index in [-0.39, 0.29) is 12.5 Å². The Morgan fingerprint density at radius 1 is 1.10 bits per heavy atom. The van der Waals surface area contributed by atoms with Gasteiger partial charge in [-0.15, -0.1) is 5.10 Å². The summed E-state index contributed by atoms with van der Waals surface area (Å²) >= 11 is 1.05. The van der Waals surface area contributed by atoms with E-state index in [4.69, 9.17) is 0 Å². The number of anilines is 1. The molecule has 3 aromatic rings. The molecule has 0 fully saturated rings. The number of rotatable bonds is 4. The molecule has 150 valence electrons. The number of hydrogen-bond acceptors (Lipinski definition) is 6. The third-order valence-corrected chi connectivity index (χ3v) is 7.64. The topological polar surface area (TPSA) is 92.3 Å². The van der Waals surface area contributed by atoms with Crippen LogP contribution in [0, 0.1) is 13.8 Å². The molecule has 2 heterocycles. The predicted octanol–water partition coefficient (Wildman–Crippen LogP) is 3.15. The molecular weight excluding hydrogens is 408 g/mol. The van der Waals surface area contributed by atoms with E-state index in [0.29, 0.717) is 34.1 Å². The number of nitrogens with zero attached hydrogens (tertiary/aromatic N) is 3. The average molecular weight is 429 g/mol. The first-order valence-corrected chi connectivity index (χ1v) is 11.3. The Morgan fingerprint density at radius 3 is 2.55 bits per heavy atom. The molecule has 0 bridgehead atoms. The second-order valence-corrected chi connectivity index (χ2v) is 9.72. The van der Waals surface area contributed by atoms with Crippen LogP contribution in [0.25, 0.3) is 0 Å². The van der Waals surface area contributed by atoms with Crippen molar-refractivity contribution in [1.82, 2.24) is 13.9 Å². The number of amides is 1. The maximum absolute atomic E-state index is 13.0. The number of nitrogens with one attached hydrogen (secondary N) is 1. The number of aromatic nitrogens is 2. The molecule has 4 rings (SSSR count). The number of aryl methyl sites for hydroxylation is 2. The summed E-state index contributed by atoms with van der Waals surface area (Å²) in [6, 6.07) is 12.5. The lowest BCUT2D eigenvalue weighted by atomic mass is 10.0. The van der Waals surface area contributed by atoms with Crippen molar-refractivity contribution >= 4 is 33.2 Å². The first kappa shape index (κ1) is 19.7. The van der Waals surface area contributed by atoms with Gasteiger partial charge in [0.05, 0.1) is 10.6 Å². The molecule has 1 aromatic heterocycles. The highest BCUT2D eigenvalue weighted by Gasteiger charge is 2.28. The monoisotopic (exact) mass is 428 g/mol. The summed E-state index contributed by atoms with van der Waals surface area (Å²) in [6.45, 7) is 4.36. The molecule has 9 heteroatoms. The summed E-state index contributed by atoms with van der Waals surface area (Å²) in [4.78, 5) is 13.2. The number of carbonyl (C=O) groups is 1. The summed E-state index contributed by atoms with van der Waals surface area (Å²) in [5, 5.41) is 6.71. The van der Waals surface area contributed by atoms with Crippen LogP contribution in [0.2, 0.25) is 0 Å². The highest BCUT2D eigenvalue weighted by molar-refractivity contribution is 7.89. The quantitative estimate of drug-likeness (QED) is 0.689. The van der Waals surface area contributed by atoms with Gasteiger partial charge in [0, 0.05) is 18.8 Å². The molecule has 7 nitrogen and oxygen atoms in total. The Hall–Kier alpha value is -2.62. The van der Waals surface area contributed by atoms with Crippen LogP contribution in [0.1, 0.15) is 32.1 Å². The van der Waals surface area contributed by atoms with E-state index < -0.39 is 10.0 Å². The van der Waals surface area contributed by atoms with E-state index in [2.05, 4.69) is 14.9 Å². The largest absolute Gasteiger partial charge is 0.321 e. The van der Waals surface area contributed by atoms with E-state index in [1.807, 2.05) is 25.1 Å². The van der Waals surface area contributed by atoms with Gasteiger partial charge in [0.15, 0.2) is 0 Å². The Kier molecular flexibility index (Phi) is 5.20. The van der Waals surface area contributed by atoms with Crippen molar-refractivity contribution in [3.8, 4) is 0 Å². The summed E-state index contributed by atoms with van der Waals surface area (Å²) < 4.78 is 31.3. The molecule has 1 amide bonds. The average Bonchev–Trinajstić information content (AvgIpc) is 3.14. The minimum atomic E-state index is -3.57. The van der Waals surface area contributed by atoms with Crippen molar-refractivity contribution in [2.24, 2.45) is 0 Å². The van der Waals surface area contributed by atoms with Crippen LogP contribution in [0.5, 0.6) is 0 Å². The Labute approximate surface area is 173 Å². The fourth-order valence-electron chi connectivity index (χ4n) is 3.30. The zero-order valence-corrected chi connectivity index (χ0v) is 17.7. The van der Waals surface area contributed by atoms with Crippen LogP contribution in [-0.4, -0.2) is 34.8 Å². The molecule has 0 unspecified atom stereocenters. The van der Waals surface area contributed by atoms with Crippen molar-refractivity contribution in [2.75, 3.05) is 11.9 Å². The Bertz CT molecular complexity index is 1170. The highest BCUT2D eigenvalue weighted by Crippen LogP contribution is 2.27. The molecule has 0 saturated heterocycles. The normalized spacial score (nSPS) is 14.4. The van der Waals surface area contributed by atoms with Crippen LogP contribution in [0.3, 0.4) is 0 Å². The van der Waals surface area contributed by atoms with Crippen LogP contribution >= 0.6 is 11.5 Å². The lowest BCUT2D eigenvalue weighted by Crippen LogP contribution is -2.36.